The minimum absolute atomic E-state index is 0.0168. The molecule has 0 saturated heterocycles. The van der Waals surface area contributed by atoms with E-state index in [0.717, 1.165) is 18.9 Å². The first kappa shape index (κ1) is 24.1. The molecule has 188 valence electrons. The molecule has 2 N–H and O–H groups in total. The molecule has 0 spiro atoms. The van der Waals surface area contributed by atoms with Crippen LogP contribution in [0.25, 0.3) is 33.5 Å². The summed E-state index contributed by atoms with van der Waals surface area (Å²) in [5.74, 6) is -5.00. The van der Waals surface area contributed by atoms with Gasteiger partial charge >= 0.3 is 5.97 Å². The number of benzene rings is 2. The number of hydrogen-bond donors (Lipinski definition) is 1. The average Bonchev–Trinajstić information content (AvgIpc) is 3.51. The predicted molar refractivity (Wildman–Crippen MR) is 128 cm³/mol. The number of carbonyl (C=O) groups is 1. The van der Waals surface area contributed by atoms with E-state index in [-0.39, 0.29) is 39.7 Å². The Labute approximate surface area is 204 Å². The summed E-state index contributed by atoms with van der Waals surface area (Å²) in [5.41, 5.74) is 7.02. The Bertz CT molecular complexity index is 1530. The molecule has 36 heavy (non-hydrogen) atoms. The predicted octanol–water partition coefficient (Wildman–Crippen LogP) is 5.90. The van der Waals surface area contributed by atoms with Crippen molar-refractivity contribution in [2.45, 2.75) is 44.3 Å². The van der Waals surface area contributed by atoms with Gasteiger partial charge in [-0.3, -0.25) is 0 Å². The number of aromatic nitrogens is 3. The van der Waals surface area contributed by atoms with Gasteiger partial charge in [-0.1, -0.05) is 6.58 Å². The van der Waals surface area contributed by atoms with E-state index in [1.54, 1.807) is 17.6 Å². The van der Waals surface area contributed by atoms with Gasteiger partial charge in [0.2, 0.25) is 0 Å². The van der Waals surface area contributed by atoms with Crippen LogP contribution in [0.1, 0.15) is 47.8 Å². The lowest BCUT2D eigenvalue weighted by Crippen LogP contribution is -2.21. The number of esters is 1. The van der Waals surface area contributed by atoms with E-state index in [4.69, 9.17) is 10.5 Å². The molecule has 1 aliphatic carbocycles. The average molecular weight is 500 g/mol. The van der Waals surface area contributed by atoms with Crippen LogP contribution in [-0.2, 0) is 11.3 Å². The third-order valence-electron chi connectivity index (χ3n) is 6.48. The van der Waals surface area contributed by atoms with Crippen molar-refractivity contribution in [2.24, 2.45) is 5.73 Å². The Kier molecular flexibility index (Phi) is 5.66. The van der Waals surface area contributed by atoms with E-state index in [1.807, 2.05) is 0 Å². The van der Waals surface area contributed by atoms with Crippen molar-refractivity contribution in [1.29, 1.82) is 0 Å². The molecule has 6 nitrogen and oxygen atoms in total. The Morgan fingerprint density at radius 1 is 1.25 bits per heavy atom. The van der Waals surface area contributed by atoms with E-state index in [0.29, 0.717) is 17.0 Å². The van der Waals surface area contributed by atoms with E-state index in [2.05, 4.69) is 11.6 Å². The Morgan fingerprint density at radius 3 is 2.58 bits per heavy atom. The first-order valence-electron chi connectivity index (χ1n) is 11.4. The quantitative estimate of drug-likeness (QED) is 0.195. The minimum Gasteiger partial charge on any atom is -0.465 e. The van der Waals surface area contributed by atoms with Gasteiger partial charge in [0.1, 0.15) is 17.2 Å². The van der Waals surface area contributed by atoms with E-state index >= 15 is 4.39 Å². The zero-order valence-electron chi connectivity index (χ0n) is 19.7. The van der Waals surface area contributed by atoms with Crippen molar-refractivity contribution in [3.05, 3.63) is 65.7 Å². The summed E-state index contributed by atoms with van der Waals surface area (Å²) in [6.45, 7) is 4.05. The summed E-state index contributed by atoms with van der Waals surface area (Å²) in [6, 6.07) is 5.99. The van der Waals surface area contributed by atoms with Crippen LogP contribution in [-0.4, -0.2) is 33.1 Å². The van der Waals surface area contributed by atoms with Crippen LogP contribution < -0.4 is 5.73 Å². The highest BCUT2D eigenvalue weighted by atomic mass is 19.3. The molecule has 0 amide bonds. The van der Waals surface area contributed by atoms with Crippen LogP contribution in [0.5, 0.6) is 0 Å². The third kappa shape index (κ3) is 3.95. The maximum absolute atomic E-state index is 15.3. The maximum Gasteiger partial charge on any atom is 0.338 e. The van der Waals surface area contributed by atoms with Gasteiger partial charge < -0.3 is 19.6 Å². The Balaban J connectivity index is 1.83. The van der Waals surface area contributed by atoms with Crippen LogP contribution in [0, 0.1) is 11.6 Å². The van der Waals surface area contributed by atoms with Gasteiger partial charge in [0.15, 0.2) is 5.82 Å². The van der Waals surface area contributed by atoms with E-state index < -0.39 is 36.1 Å². The molecule has 5 rings (SSSR count). The molecule has 0 aliphatic heterocycles. The molecule has 0 bridgehead atoms. The fourth-order valence-electron chi connectivity index (χ4n) is 4.56. The molecule has 2 aromatic carbocycles. The van der Waals surface area contributed by atoms with Gasteiger partial charge in [0, 0.05) is 28.6 Å². The van der Waals surface area contributed by atoms with Crippen LogP contribution in [0.4, 0.5) is 17.6 Å². The van der Waals surface area contributed by atoms with Crippen LogP contribution >= 0.6 is 0 Å². The standard InChI is InChI=1S/C26H24F4N4O2/c1-4-26(29,30)12-33-21-11-17(13(2)31)18(27)7-14(21)10-22(33)24-32-20-9-15(25(35)36-3)8-19(28)23(20)34(24)16-5-6-16/h4,7-11,13,16H,1,5-6,12,31H2,2-3H3/t13-/m1/s1. The maximum atomic E-state index is 15.3. The summed E-state index contributed by atoms with van der Waals surface area (Å²) < 4.78 is 67.0. The molecule has 10 heteroatoms. The molecule has 1 saturated carbocycles. The van der Waals surface area contributed by atoms with Crippen molar-refractivity contribution in [3.8, 4) is 11.5 Å². The second-order valence-electron chi connectivity index (χ2n) is 9.16. The fraction of sp³-hybridized carbons (Fsp3) is 0.308. The number of allylic oxidation sites excluding steroid dienone is 1. The summed E-state index contributed by atoms with van der Waals surface area (Å²) in [4.78, 5) is 16.6. The summed E-state index contributed by atoms with van der Waals surface area (Å²) >= 11 is 0. The van der Waals surface area contributed by atoms with Crippen molar-refractivity contribution in [1.82, 2.24) is 14.1 Å². The monoisotopic (exact) mass is 500 g/mol. The number of hydrogen-bond acceptors (Lipinski definition) is 4. The van der Waals surface area contributed by atoms with Crippen molar-refractivity contribution in [3.63, 3.8) is 0 Å². The normalized spacial score (nSPS) is 15.0. The number of halogens is 4. The van der Waals surface area contributed by atoms with Gasteiger partial charge in [-0.2, -0.15) is 0 Å². The number of nitrogens with zero attached hydrogens (tertiary/aromatic N) is 3. The van der Waals surface area contributed by atoms with E-state index in [9.17, 15) is 18.0 Å². The number of fused-ring (bicyclic) bond motifs is 2. The molecule has 2 heterocycles. The molecule has 4 aromatic rings. The molecule has 1 fully saturated rings. The number of ether oxygens (including phenoxy) is 1. The fourth-order valence-corrected chi connectivity index (χ4v) is 4.56. The van der Waals surface area contributed by atoms with Crippen molar-refractivity contribution >= 4 is 27.9 Å². The SMILES string of the molecule is C=CC(F)(F)Cn1c(-c2nc3cc(C(=O)OC)cc(F)c3n2C2CC2)cc2cc(F)c([C@@H](C)N)cc21. The Hall–Kier alpha value is -3.66. The number of imidazole rings is 1. The van der Waals surface area contributed by atoms with Crippen LogP contribution in [0.15, 0.2) is 43.0 Å². The molecule has 1 atom stereocenters. The number of methoxy groups -OCH3 is 1. The molecule has 1 aliphatic rings. The van der Waals surface area contributed by atoms with Crippen LogP contribution in [0.3, 0.4) is 0 Å². The second kappa shape index (κ2) is 8.48. The summed E-state index contributed by atoms with van der Waals surface area (Å²) in [7, 11) is 1.19. The number of rotatable bonds is 7. The first-order valence-corrected chi connectivity index (χ1v) is 11.4. The zero-order valence-corrected chi connectivity index (χ0v) is 19.7. The molecular weight excluding hydrogens is 476 g/mol. The Morgan fingerprint density at radius 2 is 1.97 bits per heavy atom. The highest BCUT2D eigenvalue weighted by Crippen LogP contribution is 2.43. The third-order valence-corrected chi connectivity index (χ3v) is 6.48. The number of nitrogens with two attached hydrogens (primary N) is 1. The smallest absolute Gasteiger partial charge is 0.338 e. The highest BCUT2D eigenvalue weighted by Gasteiger charge is 2.34. The van der Waals surface area contributed by atoms with Crippen molar-refractivity contribution in [2.75, 3.05) is 7.11 Å². The summed E-state index contributed by atoms with van der Waals surface area (Å²) in [6.07, 6.45) is 2.05. The summed E-state index contributed by atoms with van der Waals surface area (Å²) in [5, 5.41) is 0.372. The lowest BCUT2D eigenvalue weighted by atomic mass is 10.1. The first-order chi connectivity index (χ1) is 17.0. The molecular formula is C26H24F4N4O2. The largest absolute Gasteiger partial charge is 0.465 e. The van der Waals surface area contributed by atoms with Crippen molar-refractivity contribution < 1.29 is 27.1 Å². The molecule has 0 unspecified atom stereocenters. The van der Waals surface area contributed by atoms with Gasteiger partial charge in [0.25, 0.3) is 5.92 Å². The van der Waals surface area contributed by atoms with Gasteiger partial charge in [-0.25, -0.2) is 27.3 Å². The minimum atomic E-state index is -3.29. The lowest BCUT2D eigenvalue weighted by Gasteiger charge is -2.18. The van der Waals surface area contributed by atoms with Gasteiger partial charge in [-0.15, -0.1) is 0 Å². The number of alkyl halides is 2. The topological polar surface area (TPSA) is 75.1 Å². The van der Waals surface area contributed by atoms with E-state index in [1.165, 1.54) is 29.9 Å². The number of carbonyl (C=O) groups excluding carboxylic acids is 1. The van der Waals surface area contributed by atoms with Crippen LogP contribution in [0.2, 0.25) is 0 Å². The molecule has 0 radical (unpaired) electrons. The molecule has 2 aromatic heterocycles. The highest BCUT2D eigenvalue weighted by molar-refractivity contribution is 5.95. The van der Waals surface area contributed by atoms with Gasteiger partial charge in [-0.05, 0) is 56.2 Å². The zero-order chi connectivity index (χ0) is 25.9. The van der Waals surface area contributed by atoms with Gasteiger partial charge in [0.05, 0.1) is 30.4 Å². The second-order valence-corrected chi connectivity index (χ2v) is 9.16. The lowest BCUT2D eigenvalue weighted by molar-refractivity contribution is 0.0381.